The van der Waals surface area contributed by atoms with Crippen molar-refractivity contribution in [1.29, 1.82) is 0 Å². The second-order valence-corrected chi connectivity index (χ2v) is 7.22. The summed E-state index contributed by atoms with van der Waals surface area (Å²) in [6.07, 6.45) is 2.30. The van der Waals surface area contributed by atoms with Crippen molar-refractivity contribution in [2.75, 3.05) is 5.32 Å². The van der Waals surface area contributed by atoms with Crippen molar-refractivity contribution in [2.24, 2.45) is 0 Å². The van der Waals surface area contributed by atoms with Crippen LogP contribution < -0.4 is 5.32 Å². The van der Waals surface area contributed by atoms with Gasteiger partial charge < -0.3 is 5.32 Å². The topological polar surface area (TPSA) is 29.9 Å². The van der Waals surface area contributed by atoms with Crippen LogP contribution in [0.1, 0.15) is 28.3 Å². The molecule has 0 radical (unpaired) electrons. The molecule has 0 bridgehead atoms. The van der Waals surface area contributed by atoms with Gasteiger partial charge in [0, 0.05) is 5.70 Å². The Kier molecular flexibility index (Phi) is 3.61. The Morgan fingerprint density at radius 3 is 2.22 bits per heavy atom. The molecule has 0 aliphatic carbocycles. The van der Waals surface area contributed by atoms with Gasteiger partial charge >= 0.3 is 0 Å². The monoisotopic (exact) mass is 351 g/mol. The zero-order valence-electron chi connectivity index (χ0n) is 15.5. The minimum Gasteiger partial charge on any atom is -0.325 e. The summed E-state index contributed by atoms with van der Waals surface area (Å²) in [4.78, 5) is 4.85. The van der Waals surface area contributed by atoms with Gasteiger partial charge in [-0.05, 0) is 43.2 Å². The highest BCUT2D eigenvalue weighted by atomic mass is 15.2. The average Bonchev–Trinajstić information content (AvgIpc) is 3.07. The first-order valence-corrected chi connectivity index (χ1v) is 9.28. The third-order valence-electron chi connectivity index (χ3n) is 5.23. The summed E-state index contributed by atoms with van der Waals surface area (Å²) < 4.78 is 2.29. The van der Waals surface area contributed by atoms with E-state index in [1.807, 2.05) is 6.07 Å². The number of aromatic nitrogens is 2. The van der Waals surface area contributed by atoms with E-state index in [0.717, 1.165) is 22.7 Å². The maximum absolute atomic E-state index is 4.85. The summed E-state index contributed by atoms with van der Waals surface area (Å²) >= 11 is 0. The summed E-state index contributed by atoms with van der Waals surface area (Å²) in [7, 11) is 0. The van der Waals surface area contributed by atoms with E-state index in [4.69, 9.17) is 4.98 Å². The molecule has 1 atom stereocenters. The van der Waals surface area contributed by atoms with E-state index >= 15 is 0 Å². The Morgan fingerprint density at radius 2 is 1.48 bits per heavy atom. The molecule has 132 valence electrons. The molecule has 4 aromatic rings. The molecule has 0 saturated carbocycles. The van der Waals surface area contributed by atoms with Crippen LogP contribution >= 0.6 is 0 Å². The first-order valence-electron chi connectivity index (χ1n) is 9.28. The molecule has 0 spiro atoms. The van der Waals surface area contributed by atoms with Crippen molar-refractivity contribution < 1.29 is 0 Å². The smallest absolute Gasteiger partial charge is 0.209 e. The third-order valence-corrected chi connectivity index (χ3v) is 5.23. The molecule has 3 nitrogen and oxygen atoms in total. The van der Waals surface area contributed by atoms with Gasteiger partial charge in [-0.3, -0.25) is 4.57 Å². The molecule has 0 amide bonds. The van der Waals surface area contributed by atoms with Gasteiger partial charge in [0.15, 0.2) is 0 Å². The summed E-state index contributed by atoms with van der Waals surface area (Å²) in [5, 5.41) is 3.55. The van der Waals surface area contributed by atoms with Gasteiger partial charge in [0.2, 0.25) is 5.95 Å². The first-order chi connectivity index (χ1) is 13.2. The number of rotatable bonds is 2. The largest absolute Gasteiger partial charge is 0.325 e. The predicted octanol–water partition coefficient (Wildman–Crippen LogP) is 5.71. The number of hydrogen-bond donors (Lipinski definition) is 1. The Labute approximate surface area is 159 Å². The maximum Gasteiger partial charge on any atom is 0.209 e. The summed E-state index contributed by atoms with van der Waals surface area (Å²) in [5.74, 6) is 0.889. The van der Waals surface area contributed by atoms with Crippen molar-refractivity contribution in [3.63, 3.8) is 0 Å². The van der Waals surface area contributed by atoms with Crippen LogP contribution in [0.5, 0.6) is 0 Å². The van der Waals surface area contributed by atoms with E-state index in [0.29, 0.717) is 0 Å². The van der Waals surface area contributed by atoms with Crippen LogP contribution in [-0.2, 0) is 0 Å². The lowest BCUT2D eigenvalue weighted by molar-refractivity contribution is 0.720. The summed E-state index contributed by atoms with van der Waals surface area (Å²) in [6, 6.07) is 25.8. The van der Waals surface area contributed by atoms with Crippen LogP contribution in [0.3, 0.4) is 0 Å². The minimum atomic E-state index is 0.102. The van der Waals surface area contributed by atoms with Crippen LogP contribution in [-0.4, -0.2) is 9.55 Å². The normalized spacial score (nSPS) is 15.9. The number of allylic oxidation sites excluding steroid dienone is 1. The lowest BCUT2D eigenvalue weighted by Crippen LogP contribution is -2.19. The Balaban J connectivity index is 1.71. The third kappa shape index (κ3) is 2.72. The molecular weight excluding hydrogens is 330 g/mol. The highest BCUT2D eigenvalue weighted by molar-refractivity contribution is 5.85. The number of imidazole rings is 1. The molecular formula is C24H21N3. The zero-order valence-corrected chi connectivity index (χ0v) is 15.5. The van der Waals surface area contributed by atoms with E-state index < -0.39 is 0 Å². The molecule has 1 aromatic heterocycles. The van der Waals surface area contributed by atoms with Crippen LogP contribution in [0, 0.1) is 13.8 Å². The molecule has 1 aliphatic rings. The van der Waals surface area contributed by atoms with Crippen LogP contribution in [0.25, 0.3) is 16.7 Å². The second kappa shape index (κ2) is 6.13. The van der Waals surface area contributed by atoms with E-state index in [2.05, 4.69) is 96.5 Å². The SMILES string of the molecule is Cc1ccc(C2=CC(c3ccc(C)cc3)n3c(nc4ccccc43)N2)cc1. The summed E-state index contributed by atoms with van der Waals surface area (Å²) in [6.45, 7) is 4.23. The maximum atomic E-state index is 4.85. The van der Waals surface area contributed by atoms with Gasteiger partial charge in [0.25, 0.3) is 0 Å². The van der Waals surface area contributed by atoms with Gasteiger partial charge in [-0.2, -0.15) is 0 Å². The van der Waals surface area contributed by atoms with E-state index in [9.17, 15) is 0 Å². The molecule has 3 heteroatoms. The molecule has 1 aliphatic heterocycles. The Bertz CT molecular complexity index is 1150. The fourth-order valence-electron chi connectivity index (χ4n) is 3.72. The Morgan fingerprint density at radius 1 is 0.815 bits per heavy atom. The number of nitrogens with one attached hydrogen (secondary N) is 1. The standard InChI is InChI=1S/C24H21N3/c1-16-7-11-18(12-8-16)21-15-23(19-13-9-17(2)10-14-19)27-22-6-4-3-5-20(22)25-24(27)26-21/h3-15,23H,1-2H3,(H,25,26). The molecule has 1 unspecified atom stereocenters. The lowest BCUT2D eigenvalue weighted by atomic mass is 10.00. The number of nitrogens with zero attached hydrogens (tertiary/aromatic N) is 2. The van der Waals surface area contributed by atoms with Crippen molar-refractivity contribution >= 4 is 22.7 Å². The van der Waals surface area contributed by atoms with Crippen LogP contribution in [0.15, 0.2) is 78.9 Å². The highest BCUT2D eigenvalue weighted by Crippen LogP contribution is 2.36. The predicted molar refractivity (Wildman–Crippen MR) is 112 cm³/mol. The Hall–Kier alpha value is -3.33. The van der Waals surface area contributed by atoms with Gasteiger partial charge in [-0.15, -0.1) is 0 Å². The van der Waals surface area contributed by atoms with Gasteiger partial charge in [0.05, 0.1) is 17.1 Å². The molecule has 2 heterocycles. The summed E-state index contributed by atoms with van der Waals surface area (Å²) in [5.41, 5.74) is 8.22. The average molecular weight is 351 g/mol. The van der Waals surface area contributed by atoms with Gasteiger partial charge in [-0.1, -0.05) is 71.8 Å². The number of hydrogen-bond acceptors (Lipinski definition) is 2. The molecule has 0 saturated heterocycles. The molecule has 5 rings (SSSR count). The van der Waals surface area contributed by atoms with Crippen LogP contribution in [0.2, 0.25) is 0 Å². The second-order valence-electron chi connectivity index (χ2n) is 7.22. The van der Waals surface area contributed by atoms with Gasteiger partial charge in [0.1, 0.15) is 0 Å². The zero-order chi connectivity index (χ0) is 18.4. The van der Waals surface area contributed by atoms with E-state index in [1.54, 1.807) is 0 Å². The number of aryl methyl sites for hydroxylation is 2. The van der Waals surface area contributed by atoms with Crippen molar-refractivity contribution in [3.8, 4) is 0 Å². The quantitative estimate of drug-likeness (QED) is 0.501. The highest BCUT2D eigenvalue weighted by Gasteiger charge is 2.25. The minimum absolute atomic E-state index is 0.102. The fraction of sp³-hybridized carbons (Fsp3) is 0.125. The van der Waals surface area contributed by atoms with E-state index in [-0.39, 0.29) is 6.04 Å². The number of benzene rings is 3. The van der Waals surface area contributed by atoms with Crippen LogP contribution in [0.4, 0.5) is 5.95 Å². The molecule has 3 aromatic carbocycles. The molecule has 27 heavy (non-hydrogen) atoms. The van der Waals surface area contributed by atoms with Crippen molar-refractivity contribution in [3.05, 3.63) is 101 Å². The lowest BCUT2D eigenvalue weighted by Gasteiger charge is -2.26. The van der Waals surface area contributed by atoms with E-state index in [1.165, 1.54) is 22.3 Å². The molecule has 0 fully saturated rings. The first kappa shape index (κ1) is 15.9. The van der Waals surface area contributed by atoms with Gasteiger partial charge in [-0.25, -0.2) is 4.98 Å². The van der Waals surface area contributed by atoms with Crippen molar-refractivity contribution in [1.82, 2.24) is 9.55 Å². The number of para-hydroxylation sites is 2. The fourth-order valence-corrected chi connectivity index (χ4v) is 3.72. The molecule has 1 N–H and O–H groups in total. The number of anilines is 1. The number of fused-ring (bicyclic) bond motifs is 3. The van der Waals surface area contributed by atoms with Crippen molar-refractivity contribution in [2.45, 2.75) is 19.9 Å².